The lowest BCUT2D eigenvalue weighted by atomic mass is 10.0. The van der Waals surface area contributed by atoms with Crippen molar-refractivity contribution in [3.63, 3.8) is 0 Å². The lowest BCUT2D eigenvalue weighted by Crippen LogP contribution is -2.58. The van der Waals surface area contributed by atoms with E-state index in [1.165, 1.54) is 5.56 Å². The predicted octanol–water partition coefficient (Wildman–Crippen LogP) is 1.63. The largest absolute Gasteiger partial charge is 0.368 e. The van der Waals surface area contributed by atoms with Gasteiger partial charge < -0.3 is 10.1 Å². The molecule has 3 heteroatoms. The van der Waals surface area contributed by atoms with Crippen LogP contribution in [0.3, 0.4) is 0 Å². The summed E-state index contributed by atoms with van der Waals surface area (Å²) in [5.41, 5.74) is 1.37. The van der Waals surface area contributed by atoms with E-state index in [1.807, 2.05) is 0 Å². The molecule has 0 amide bonds. The third kappa shape index (κ3) is 1.68. The van der Waals surface area contributed by atoms with E-state index in [1.54, 1.807) is 11.3 Å². The highest BCUT2D eigenvalue weighted by molar-refractivity contribution is 7.07. The molecule has 1 aliphatic rings. The summed E-state index contributed by atoms with van der Waals surface area (Å²) in [4.78, 5) is 0. The van der Waals surface area contributed by atoms with E-state index in [-0.39, 0.29) is 5.60 Å². The number of thiophene rings is 1. The van der Waals surface area contributed by atoms with Crippen LogP contribution in [-0.2, 0) is 11.3 Å². The smallest absolute Gasteiger partial charge is 0.0906 e. The Morgan fingerprint density at radius 1 is 1.67 bits per heavy atom. The van der Waals surface area contributed by atoms with Gasteiger partial charge in [-0.05, 0) is 29.3 Å². The van der Waals surface area contributed by atoms with Gasteiger partial charge >= 0.3 is 0 Å². The molecular weight excluding hydrogens is 170 g/mol. The fourth-order valence-electron chi connectivity index (χ4n) is 1.21. The third-order valence-electron chi connectivity index (χ3n) is 2.17. The van der Waals surface area contributed by atoms with Crippen LogP contribution in [0.25, 0.3) is 0 Å². The summed E-state index contributed by atoms with van der Waals surface area (Å²) in [7, 11) is 0. The van der Waals surface area contributed by atoms with Gasteiger partial charge in [0.2, 0.25) is 0 Å². The van der Waals surface area contributed by atoms with Gasteiger partial charge in [0.25, 0.3) is 0 Å². The zero-order valence-corrected chi connectivity index (χ0v) is 7.99. The van der Waals surface area contributed by atoms with E-state index in [9.17, 15) is 0 Å². The summed E-state index contributed by atoms with van der Waals surface area (Å²) in [6.07, 6.45) is 0. The van der Waals surface area contributed by atoms with Crippen LogP contribution < -0.4 is 5.32 Å². The van der Waals surface area contributed by atoms with Crippen LogP contribution in [0.5, 0.6) is 0 Å². The molecule has 0 aromatic carbocycles. The van der Waals surface area contributed by atoms with E-state index < -0.39 is 0 Å². The van der Waals surface area contributed by atoms with Crippen molar-refractivity contribution in [2.24, 2.45) is 0 Å². The van der Waals surface area contributed by atoms with Crippen molar-refractivity contribution in [1.29, 1.82) is 0 Å². The van der Waals surface area contributed by atoms with Gasteiger partial charge in [-0.1, -0.05) is 0 Å². The average Bonchev–Trinajstić information content (AvgIpc) is 2.49. The molecule has 0 unspecified atom stereocenters. The normalized spacial score (nSPS) is 20.4. The highest BCUT2D eigenvalue weighted by Gasteiger charge is 2.32. The Bertz CT molecular complexity index is 241. The van der Waals surface area contributed by atoms with Gasteiger partial charge in [0, 0.05) is 13.1 Å². The Kier molecular flexibility index (Phi) is 2.17. The van der Waals surface area contributed by atoms with E-state index in [4.69, 9.17) is 4.74 Å². The van der Waals surface area contributed by atoms with Crippen molar-refractivity contribution in [2.45, 2.75) is 19.1 Å². The lowest BCUT2D eigenvalue weighted by molar-refractivity contribution is -0.0766. The Labute approximate surface area is 76.6 Å². The molecule has 1 aromatic rings. The molecule has 0 spiro atoms. The van der Waals surface area contributed by atoms with Crippen LogP contribution in [0.2, 0.25) is 0 Å². The molecule has 1 N–H and O–H groups in total. The first-order valence-corrected chi connectivity index (χ1v) is 5.09. The Hall–Kier alpha value is -0.380. The molecule has 1 saturated heterocycles. The summed E-state index contributed by atoms with van der Waals surface area (Å²) >= 11 is 1.72. The van der Waals surface area contributed by atoms with Crippen molar-refractivity contribution in [3.05, 3.63) is 22.4 Å². The molecule has 0 bridgehead atoms. The number of hydrogen-bond acceptors (Lipinski definition) is 3. The minimum Gasteiger partial charge on any atom is -0.368 e. The first kappa shape index (κ1) is 8.23. The molecule has 0 saturated carbocycles. The Morgan fingerprint density at radius 2 is 2.50 bits per heavy atom. The second-order valence-electron chi connectivity index (χ2n) is 3.47. The van der Waals surface area contributed by atoms with Crippen LogP contribution >= 0.6 is 11.3 Å². The maximum absolute atomic E-state index is 5.75. The molecule has 0 atom stereocenters. The summed E-state index contributed by atoms with van der Waals surface area (Å²) in [5, 5.41) is 7.43. The van der Waals surface area contributed by atoms with Gasteiger partial charge in [0.05, 0.1) is 12.2 Å². The number of rotatable bonds is 3. The Morgan fingerprint density at radius 3 is 3.00 bits per heavy atom. The monoisotopic (exact) mass is 183 g/mol. The number of ether oxygens (including phenoxy) is 1. The maximum Gasteiger partial charge on any atom is 0.0906 e. The van der Waals surface area contributed by atoms with Crippen LogP contribution in [0.4, 0.5) is 0 Å². The molecule has 1 fully saturated rings. The van der Waals surface area contributed by atoms with E-state index in [0.717, 1.165) is 19.7 Å². The summed E-state index contributed by atoms with van der Waals surface area (Å²) in [6.45, 7) is 4.87. The van der Waals surface area contributed by atoms with Crippen molar-refractivity contribution in [2.75, 3.05) is 13.1 Å². The topological polar surface area (TPSA) is 21.3 Å². The van der Waals surface area contributed by atoms with Crippen molar-refractivity contribution < 1.29 is 4.74 Å². The molecule has 12 heavy (non-hydrogen) atoms. The van der Waals surface area contributed by atoms with E-state index in [0.29, 0.717) is 0 Å². The van der Waals surface area contributed by atoms with Gasteiger partial charge in [-0.3, -0.25) is 0 Å². The molecule has 0 radical (unpaired) electrons. The first-order valence-electron chi connectivity index (χ1n) is 4.14. The second-order valence-corrected chi connectivity index (χ2v) is 4.25. The SMILES string of the molecule is CC1(OCc2ccsc2)CNC1. The molecular formula is C9H13NOS. The number of hydrogen-bond donors (Lipinski definition) is 1. The van der Waals surface area contributed by atoms with Gasteiger partial charge in [-0.25, -0.2) is 0 Å². The molecule has 1 aliphatic heterocycles. The van der Waals surface area contributed by atoms with Crippen LogP contribution in [-0.4, -0.2) is 18.7 Å². The van der Waals surface area contributed by atoms with Gasteiger partial charge in [0.15, 0.2) is 0 Å². The summed E-state index contributed by atoms with van der Waals surface area (Å²) in [5.74, 6) is 0. The second kappa shape index (κ2) is 3.17. The molecule has 2 rings (SSSR count). The van der Waals surface area contributed by atoms with Gasteiger partial charge in [-0.2, -0.15) is 11.3 Å². The zero-order valence-electron chi connectivity index (χ0n) is 7.17. The van der Waals surface area contributed by atoms with Crippen molar-refractivity contribution in [1.82, 2.24) is 5.32 Å². The fraction of sp³-hybridized carbons (Fsp3) is 0.556. The van der Waals surface area contributed by atoms with Crippen molar-refractivity contribution in [3.8, 4) is 0 Å². The minimum atomic E-state index is 0.0853. The van der Waals surface area contributed by atoms with Crippen LogP contribution in [0.15, 0.2) is 16.8 Å². The average molecular weight is 183 g/mol. The third-order valence-corrected chi connectivity index (χ3v) is 2.90. The fourth-order valence-corrected chi connectivity index (χ4v) is 1.86. The van der Waals surface area contributed by atoms with E-state index in [2.05, 4.69) is 29.1 Å². The molecule has 66 valence electrons. The number of nitrogens with one attached hydrogen (secondary N) is 1. The van der Waals surface area contributed by atoms with Gasteiger partial charge in [-0.15, -0.1) is 0 Å². The minimum absolute atomic E-state index is 0.0853. The Balaban J connectivity index is 1.82. The highest BCUT2D eigenvalue weighted by atomic mass is 32.1. The molecule has 2 heterocycles. The van der Waals surface area contributed by atoms with Crippen molar-refractivity contribution >= 4 is 11.3 Å². The predicted molar refractivity (Wildman–Crippen MR) is 50.4 cm³/mol. The first-order chi connectivity index (χ1) is 5.79. The maximum atomic E-state index is 5.75. The molecule has 2 nitrogen and oxygen atoms in total. The summed E-state index contributed by atoms with van der Waals surface area (Å²) < 4.78 is 5.75. The lowest BCUT2D eigenvalue weighted by Gasteiger charge is -2.39. The highest BCUT2D eigenvalue weighted by Crippen LogP contribution is 2.18. The zero-order chi connectivity index (χ0) is 8.44. The quantitative estimate of drug-likeness (QED) is 0.769. The molecule has 1 aromatic heterocycles. The molecule has 0 aliphatic carbocycles. The summed E-state index contributed by atoms with van der Waals surface area (Å²) in [6, 6.07) is 2.11. The van der Waals surface area contributed by atoms with Crippen LogP contribution in [0.1, 0.15) is 12.5 Å². The van der Waals surface area contributed by atoms with Gasteiger partial charge in [0.1, 0.15) is 0 Å². The van der Waals surface area contributed by atoms with Crippen LogP contribution in [0, 0.1) is 0 Å². The standard InChI is InChI=1S/C9H13NOS/c1-9(6-10-7-9)11-4-8-2-3-12-5-8/h2-3,5,10H,4,6-7H2,1H3. The van der Waals surface area contributed by atoms with E-state index >= 15 is 0 Å².